The molecule has 0 atom stereocenters. The molecule has 0 fully saturated rings. The van der Waals surface area contributed by atoms with Gasteiger partial charge in [0, 0.05) is 17.0 Å². The Bertz CT molecular complexity index is 842. The van der Waals surface area contributed by atoms with Crippen LogP contribution in [0.25, 0.3) is 10.8 Å². The minimum Gasteiger partial charge on any atom is -0.493 e. The lowest BCUT2D eigenvalue weighted by atomic mass is 10.0. The summed E-state index contributed by atoms with van der Waals surface area (Å²) in [7, 11) is 2.95. The van der Waals surface area contributed by atoms with Gasteiger partial charge in [0.1, 0.15) is 5.60 Å². The van der Waals surface area contributed by atoms with Gasteiger partial charge in [0.05, 0.1) is 32.0 Å². The van der Waals surface area contributed by atoms with Gasteiger partial charge in [0.15, 0.2) is 11.5 Å². The number of aromatic carboxylic acids is 1. The Balaban J connectivity index is 2.45. The molecule has 1 aromatic carbocycles. The van der Waals surface area contributed by atoms with Crippen molar-refractivity contribution in [2.75, 3.05) is 14.2 Å². The van der Waals surface area contributed by atoms with Crippen LogP contribution in [0.2, 0.25) is 0 Å². The fraction of sp³-hybridized carbons (Fsp3) is 0.389. The molecule has 0 saturated heterocycles. The van der Waals surface area contributed by atoms with Crippen molar-refractivity contribution >= 4 is 22.8 Å². The number of hydrogen-bond donors (Lipinski definition) is 2. The van der Waals surface area contributed by atoms with E-state index in [0.29, 0.717) is 28.0 Å². The molecule has 0 saturated carbocycles. The summed E-state index contributed by atoms with van der Waals surface area (Å²) in [5.74, 6) is -0.274. The number of carbonyl (C=O) groups is 2. The Hall–Kier alpha value is -3.03. The molecule has 1 heterocycles. The average Bonchev–Trinajstić information content (AvgIpc) is 2.56. The predicted octanol–water partition coefficient (Wildman–Crippen LogP) is 2.97. The highest BCUT2D eigenvalue weighted by atomic mass is 16.6. The molecule has 140 valence electrons. The highest BCUT2D eigenvalue weighted by Crippen LogP contribution is 2.34. The van der Waals surface area contributed by atoms with Gasteiger partial charge in [-0.3, -0.25) is 4.98 Å². The topological polar surface area (TPSA) is 107 Å². The quantitative estimate of drug-likeness (QED) is 0.842. The van der Waals surface area contributed by atoms with E-state index in [1.165, 1.54) is 20.4 Å². The van der Waals surface area contributed by atoms with Gasteiger partial charge in [-0.15, -0.1) is 0 Å². The summed E-state index contributed by atoms with van der Waals surface area (Å²) in [6.45, 7) is 5.36. The fourth-order valence-corrected chi connectivity index (χ4v) is 2.40. The van der Waals surface area contributed by atoms with Crippen LogP contribution in [0.4, 0.5) is 4.79 Å². The number of carboxylic acids is 1. The van der Waals surface area contributed by atoms with Gasteiger partial charge in [-0.25, -0.2) is 9.59 Å². The van der Waals surface area contributed by atoms with E-state index in [1.54, 1.807) is 32.9 Å². The lowest BCUT2D eigenvalue weighted by Crippen LogP contribution is -2.32. The second-order valence-electron chi connectivity index (χ2n) is 6.53. The first-order valence-corrected chi connectivity index (χ1v) is 7.90. The Kier molecular flexibility index (Phi) is 5.54. The number of benzene rings is 1. The number of aromatic nitrogens is 1. The molecule has 0 aliphatic heterocycles. The molecule has 1 amide bonds. The van der Waals surface area contributed by atoms with Crippen LogP contribution < -0.4 is 14.8 Å². The van der Waals surface area contributed by atoms with Crippen molar-refractivity contribution in [1.29, 1.82) is 0 Å². The third-order valence-corrected chi connectivity index (χ3v) is 3.50. The van der Waals surface area contributed by atoms with Crippen LogP contribution in [-0.4, -0.2) is 42.0 Å². The molecule has 0 radical (unpaired) electrons. The first-order valence-electron chi connectivity index (χ1n) is 7.90. The van der Waals surface area contributed by atoms with Gasteiger partial charge in [-0.1, -0.05) is 0 Å². The van der Waals surface area contributed by atoms with Crippen LogP contribution in [-0.2, 0) is 11.3 Å². The van der Waals surface area contributed by atoms with E-state index in [9.17, 15) is 14.7 Å². The highest BCUT2D eigenvalue weighted by molar-refractivity contribution is 6.05. The number of amides is 1. The smallest absolute Gasteiger partial charge is 0.407 e. The SMILES string of the molecule is COc1cc2c(C(=O)O)cnc(CNC(=O)OC(C)(C)C)c2cc1OC. The van der Waals surface area contributed by atoms with E-state index in [-0.39, 0.29) is 12.1 Å². The number of pyridine rings is 1. The lowest BCUT2D eigenvalue weighted by Gasteiger charge is -2.20. The molecule has 0 aliphatic rings. The third kappa shape index (κ3) is 4.33. The normalized spacial score (nSPS) is 11.1. The number of nitrogens with zero attached hydrogens (tertiary/aromatic N) is 1. The molecular weight excluding hydrogens is 340 g/mol. The standard InChI is InChI=1S/C18H22N2O6/c1-18(2,3)26-17(23)20-9-13-11-7-15(25-5)14(24-4)6-10(11)12(8-19-13)16(21)22/h6-8H,9H2,1-5H3,(H,20,23)(H,21,22). The number of methoxy groups -OCH3 is 2. The summed E-state index contributed by atoms with van der Waals surface area (Å²) in [6.07, 6.45) is 0.665. The number of alkyl carbamates (subject to hydrolysis) is 1. The number of rotatable bonds is 5. The molecule has 1 aromatic heterocycles. The number of fused-ring (bicyclic) bond motifs is 1. The number of hydrogen-bond acceptors (Lipinski definition) is 6. The molecule has 8 heteroatoms. The Morgan fingerprint density at radius 2 is 1.69 bits per heavy atom. The third-order valence-electron chi connectivity index (χ3n) is 3.50. The molecule has 2 rings (SSSR count). The minimum atomic E-state index is -1.11. The molecule has 2 aromatic rings. The molecule has 0 spiro atoms. The largest absolute Gasteiger partial charge is 0.493 e. The number of ether oxygens (including phenoxy) is 3. The van der Waals surface area contributed by atoms with E-state index in [4.69, 9.17) is 14.2 Å². The zero-order valence-electron chi connectivity index (χ0n) is 15.4. The van der Waals surface area contributed by atoms with Crippen molar-refractivity contribution in [2.24, 2.45) is 0 Å². The van der Waals surface area contributed by atoms with Gasteiger partial charge in [0.25, 0.3) is 0 Å². The zero-order valence-corrected chi connectivity index (χ0v) is 15.4. The van der Waals surface area contributed by atoms with Gasteiger partial charge in [-0.2, -0.15) is 0 Å². The molecule has 8 nitrogen and oxygen atoms in total. The van der Waals surface area contributed by atoms with Gasteiger partial charge < -0.3 is 24.6 Å². The average molecular weight is 362 g/mol. The molecule has 26 heavy (non-hydrogen) atoms. The summed E-state index contributed by atoms with van der Waals surface area (Å²) < 4.78 is 15.7. The number of carboxylic acid groups (broad SMARTS) is 1. The minimum absolute atomic E-state index is 0.0296. The molecule has 0 aliphatic carbocycles. The lowest BCUT2D eigenvalue weighted by molar-refractivity contribution is 0.0522. The first-order chi connectivity index (χ1) is 12.2. The van der Waals surface area contributed by atoms with Crippen molar-refractivity contribution < 1.29 is 28.9 Å². The van der Waals surface area contributed by atoms with Crippen molar-refractivity contribution in [3.63, 3.8) is 0 Å². The summed E-state index contributed by atoms with van der Waals surface area (Å²) >= 11 is 0. The second kappa shape index (κ2) is 7.47. The number of carbonyl (C=O) groups excluding carboxylic acids is 1. The van der Waals surface area contributed by atoms with Crippen LogP contribution in [0, 0.1) is 0 Å². The van der Waals surface area contributed by atoms with E-state index in [0.717, 1.165) is 0 Å². The molecule has 2 N–H and O–H groups in total. The Morgan fingerprint density at radius 1 is 1.12 bits per heavy atom. The van der Waals surface area contributed by atoms with Crippen LogP contribution in [0.1, 0.15) is 36.8 Å². The second-order valence-corrected chi connectivity index (χ2v) is 6.53. The monoisotopic (exact) mass is 362 g/mol. The van der Waals surface area contributed by atoms with Crippen molar-refractivity contribution in [2.45, 2.75) is 32.9 Å². The van der Waals surface area contributed by atoms with E-state index >= 15 is 0 Å². The van der Waals surface area contributed by atoms with Crippen molar-refractivity contribution in [3.05, 3.63) is 29.6 Å². The maximum absolute atomic E-state index is 11.9. The molecule has 0 bridgehead atoms. The molecular formula is C18H22N2O6. The van der Waals surface area contributed by atoms with Crippen LogP contribution in [0.15, 0.2) is 18.3 Å². The highest BCUT2D eigenvalue weighted by Gasteiger charge is 2.19. The maximum atomic E-state index is 11.9. The van der Waals surface area contributed by atoms with Gasteiger partial charge >= 0.3 is 12.1 Å². The maximum Gasteiger partial charge on any atom is 0.407 e. The predicted molar refractivity (Wildman–Crippen MR) is 94.9 cm³/mol. The molecule has 0 unspecified atom stereocenters. The fourth-order valence-electron chi connectivity index (χ4n) is 2.40. The van der Waals surface area contributed by atoms with Crippen molar-refractivity contribution in [3.8, 4) is 11.5 Å². The zero-order chi connectivity index (χ0) is 19.5. The van der Waals surface area contributed by atoms with Crippen LogP contribution in [0.5, 0.6) is 11.5 Å². The van der Waals surface area contributed by atoms with E-state index < -0.39 is 17.7 Å². The summed E-state index contributed by atoms with van der Waals surface area (Å²) in [6, 6.07) is 3.22. The summed E-state index contributed by atoms with van der Waals surface area (Å²) in [5.41, 5.74) is -0.109. The summed E-state index contributed by atoms with van der Waals surface area (Å²) in [4.78, 5) is 27.5. The Morgan fingerprint density at radius 3 is 2.19 bits per heavy atom. The summed E-state index contributed by atoms with van der Waals surface area (Å²) in [5, 5.41) is 13.0. The van der Waals surface area contributed by atoms with Crippen molar-refractivity contribution in [1.82, 2.24) is 10.3 Å². The van der Waals surface area contributed by atoms with Gasteiger partial charge in [0.2, 0.25) is 0 Å². The van der Waals surface area contributed by atoms with Crippen LogP contribution in [0.3, 0.4) is 0 Å². The van der Waals surface area contributed by atoms with E-state index in [2.05, 4.69) is 10.3 Å². The Labute approximate surface area is 151 Å². The van der Waals surface area contributed by atoms with Gasteiger partial charge in [-0.05, 0) is 32.9 Å². The van der Waals surface area contributed by atoms with E-state index in [1.807, 2.05) is 0 Å². The first kappa shape index (κ1) is 19.3. The number of nitrogens with one attached hydrogen (secondary N) is 1. The van der Waals surface area contributed by atoms with Crippen LogP contribution >= 0.6 is 0 Å².